The topological polar surface area (TPSA) is 55.4 Å². The van der Waals surface area contributed by atoms with Gasteiger partial charge in [-0.15, -0.1) is 0 Å². The van der Waals surface area contributed by atoms with Crippen molar-refractivity contribution in [1.29, 1.82) is 0 Å². The summed E-state index contributed by atoms with van der Waals surface area (Å²) < 4.78 is 5.67. The molecule has 3 unspecified atom stereocenters. The van der Waals surface area contributed by atoms with Crippen molar-refractivity contribution in [2.75, 3.05) is 6.61 Å². The number of carbonyl (C=O) groups is 2. The highest BCUT2D eigenvalue weighted by atomic mass is 16.5. The van der Waals surface area contributed by atoms with Crippen molar-refractivity contribution in [2.24, 2.45) is 16.7 Å². The lowest BCUT2D eigenvalue weighted by molar-refractivity contribution is -0.123. The third-order valence-electron chi connectivity index (χ3n) is 7.21. The predicted molar refractivity (Wildman–Crippen MR) is 102 cm³/mol. The van der Waals surface area contributed by atoms with Gasteiger partial charge in [0, 0.05) is 18.0 Å². The highest BCUT2D eigenvalue weighted by molar-refractivity contribution is 5.94. The molecule has 1 aromatic rings. The molecule has 0 heterocycles. The Hall–Kier alpha value is -1.84. The fourth-order valence-electron chi connectivity index (χ4n) is 4.90. The Morgan fingerprint density at radius 1 is 1.19 bits per heavy atom. The molecule has 0 saturated heterocycles. The van der Waals surface area contributed by atoms with Crippen LogP contribution in [0.5, 0.6) is 5.75 Å². The van der Waals surface area contributed by atoms with Gasteiger partial charge in [-0.05, 0) is 73.6 Å². The number of Topliss-reactive ketones (excluding diaryl/α,β-unsaturated/α-hetero) is 1. The van der Waals surface area contributed by atoms with Gasteiger partial charge < -0.3 is 10.1 Å². The second kappa shape index (κ2) is 7.05. The monoisotopic (exact) mass is 357 g/mol. The highest BCUT2D eigenvalue weighted by Gasteiger charge is 2.61. The zero-order chi connectivity index (χ0) is 18.9. The maximum atomic E-state index is 12.4. The molecule has 0 spiro atoms. The van der Waals surface area contributed by atoms with E-state index in [0.29, 0.717) is 36.5 Å². The van der Waals surface area contributed by atoms with Gasteiger partial charge in [-0.25, -0.2) is 0 Å². The number of ether oxygens (including phenoxy) is 1. The van der Waals surface area contributed by atoms with E-state index in [9.17, 15) is 9.59 Å². The van der Waals surface area contributed by atoms with Gasteiger partial charge in [-0.1, -0.05) is 20.8 Å². The largest absolute Gasteiger partial charge is 0.494 e. The Balaban J connectivity index is 1.41. The molecule has 142 valence electrons. The molecule has 2 aliphatic carbocycles. The van der Waals surface area contributed by atoms with Crippen molar-refractivity contribution in [1.82, 2.24) is 5.32 Å². The van der Waals surface area contributed by atoms with Crippen molar-refractivity contribution in [2.45, 2.75) is 65.8 Å². The lowest BCUT2D eigenvalue weighted by Gasteiger charge is -2.39. The Labute approximate surface area is 156 Å². The van der Waals surface area contributed by atoms with Crippen LogP contribution >= 0.6 is 0 Å². The summed E-state index contributed by atoms with van der Waals surface area (Å²) in [5.74, 6) is 1.65. The summed E-state index contributed by atoms with van der Waals surface area (Å²) in [7, 11) is 0. The number of fused-ring (bicyclic) bond motifs is 2. The molecule has 2 bridgehead atoms. The molecular formula is C22H31NO3. The molecule has 26 heavy (non-hydrogen) atoms. The van der Waals surface area contributed by atoms with E-state index in [2.05, 4.69) is 26.1 Å². The number of ketones is 1. The Morgan fingerprint density at radius 3 is 2.42 bits per heavy atom. The molecule has 0 aliphatic heterocycles. The molecule has 2 aliphatic rings. The third kappa shape index (κ3) is 3.38. The summed E-state index contributed by atoms with van der Waals surface area (Å²) >= 11 is 0. The summed E-state index contributed by atoms with van der Waals surface area (Å²) in [6, 6.07) is 7.44. The highest BCUT2D eigenvalue weighted by Crippen LogP contribution is 2.65. The van der Waals surface area contributed by atoms with Crippen LogP contribution in [0.2, 0.25) is 0 Å². The molecule has 4 nitrogen and oxygen atoms in total. The van der Waals surface area contributed by atoms with Gasteiger partial charge in [0.05, 0.1) is 6.61 Å². The normalized spacial score (nSPS) is 28.8. The van der Waals surface area contributed by atoms with Crippen molar-refractivity contribution in [3.8, 4) is 5.75 Å². The quantitative estimate of drug-likeness (QED) is 0.582. The molecule has 4 heteroatoms. The van der Waals surface area contributed by atoms with Gasteiger partial charge in [0.1, 0.15) is 5.75 Å². The average molecular weight is 357 g/mol. The van der Waals surface area contributed by atoms with Gasteiger partial charge in [-0.3, -0.25) is 9.59 Å². The third-order valence-corrected chi connectivity index (χ3v) is 7.21. The molecule has 3 atom stereocenters. The zero-order valence-corrected chi connectivity index (χ0v) is 16.4. The van der Waals surface area contributed by atoms with E-state index in [4.69, 9.17) is 4.74 Å². The van der Waals surface area contributed by atoms with Gasteiger partial charge >= 0.3 is 0 Å². The molecular weight excluding hydrogens is 326 g/mol. The summed E-state index contributed by atoms with van der Waals surface area (Å²) in [4.78, 5) is 23.6. The lowest BCUT2D eigenvalue weighted by Crippen LogP contribution is -2.46. The Morgan fingerprint density at radius 2 is 1.88 bits per heavy atom. The van der Waals surface area contributed by atoms with Crippen LogP contribution in [0.15, 0.2) is 24.3 Å². The molecule has 0 radical (unpaired) electrons. The van der Waals surface area contributed by atoms with Gasteiger partial charge in [0.25, 0.3) is 0 Å². The first-order chi connectivity index (χ1) is 12.2. The number of rotatable bonds is 7. The molecule has 0 aromatic heterocycles. The number of carbonyl (C=O) groups excluding carboxylic acids is 2. The molecule has 1 N–H and O–H groups in total. The number of nitrogens with one attached hydrogen (secondary N) is 1. The van der Waals surface area contributed by atoms with Gasteiger partial charge in [0.15, 0.2) is 5.78 Å². The number of hydrogen-bond donors (Lipinski definition) is 1. The SMILES string of the molecule is CC(=O)c1ccc(OCCCC(=O)NC2CC3CCC2(C)C3(C)C)cc1. The van der Waals surface area contributed by atoms with E-state index in [1.54, 1.807) is 31.2 Å². The first-order valence-electron chi connectivity index (χ1n) is 9.77. The lowest BCUT2D eigenvalue weighted by atomic mass is 9.69. The van der Waals surface area contributed by atoms with Crippen LogP contribution in [-0.4, -0.2) is 24.3 Å². The van der Waals surface area contributed by atoms with Crippen molar-refractivity contribution in [3.05, 3.63) is 29.8 Å². The standard InChI is InChI=1S/C22H31NO3/c1-15(24)16-7-9-18(10-8-16)26-13-5-6-20(25)23-19-14-17-11-12-22(19,4)21(17,2)3/h7-10,17,19H,5-6,11-14H2,1-4H3,(H,23,25). The molecule has 2 saturated carbocycles. The Kier molecular flexibility index (Phi) is 5.14. The van der Waals surface area contributed by atoms with Crippen molar-refractivity contribution >= 4 is 11.7 Å². The number of hydrogen-bond acceptors (Lipinski definition) is 3. The van der Waals surface area contributed by atoms with Crippen molar-refractivity contribution < 1.29 is 14.3 Å². The van der Waals surface area contributed by atoms with Crippen molar-refractivity contribution in [3.63, 3.8) is 0 Å². The first kappa shape index (κ1) is 18.9. The second-order valence-corrected chi connectivity index (χ2v) is 8.76. The molecule has 1 aromatic carbocycles. The summed E-state index contributed by atoms with van der Waals surface area (Å²) in [5.41, 5.74) is 1.22. The van der Waals surface area contributed by atoms with E-state index in [1.165, 1.54) is 12.8 Å². The molecule has 3 rings (SSSR count). The fraction of sp³-hybridized carbons (Fsp3) is 0.636. The minimum absolute atomic E-state index is 0.0470. The zero-order valence-electron chi connectivity index (χ0n) is 16.4. The van der Waals surface area contributed by atoms with Crippen LogP contribution in [0.4, 0.5) is 0 Å². The minimum Gasteiger partial charge on any atom is -0.494 e. The maximum Gasteiger partial charge on any atom is 0.220 e. The van der Waals surface area contributed by atoms with E-state index in [-0.39, 0.29) is 17.1 Å². The smallest absolute Gasteiger partial charge is 0.220 e. The van der Waals surface area contributed by atoms with E-state index in [1.807, 2.05) is 0 Å². The summed E-state index contributed by atoms with van der Waals surface area (Å²) in [6.45, 7) is 9.12. The first-order valence-corrected chi connectivity index (χ1v) is 9.77. The second-order valence-electron chi connectivity index (χ2n) is 8.76. The van der Waals surface area contributed by atoms with Crippen LogP contribution in [0.3, 0.4) is 0 Å². The Bertz CT molecular complexity index is 679. The van der Waals surface area contributed by atoms with Gasteiger partial charge in [0.2, 0.25) is 5.91 Å². The van der Waals surface area contributed by atoms with E-state index in [0.717, 1.165) is 18.1 Å². The molecule has 1 amide bonds. The van der Waals surface area contributed by atoms with Crippen LogP contribution in [-0.2, 0) is 4.79 Å². The van der Waals surface area contributed by atoms with Gasteiger partial charge in [-0.2, -0.15) is 0 Å². The summed E-state index contributed by atoms with van der Waals surface area (Å²) in [6.07, 6.45) is 4.81. The van der Waals surface area contributed by atoms with Crippen LogP contribution in [0, 0.1) is 16.7 Å². The number of benzene rings is 1. The maximum absolute atomic E-state index is 12.4. The molecule has 2 fully saturated rings. The predicted octanol–water partition coefficient (Wildman–Crippen LogP) is 4.38. The summed E-state index contributed by atoms with van der Waals surface area (Å²) in [5, 5.41) is 3.29. The van der Waals surface area contributed by atoms with Crippen LogP contribution in [0.25, 0.3) is 0 Å². The average Bonchev–Trinajstić information content (AvgIpc) is 2.92. The van der Waals surface area contributed by atoms with Crippen LogP contribution < -0.4 is 10.1 Å². The van der Waals surface area contributed by atoms with E-state index < -0.39 is 0 Å². The fourth-order valence-corrected chi connectivity index (χ4v) is 4.90. The van der Waals surface area contributed by atoms with E-state index >= 15 is 0 Å². The number of amides is 1. The van der Waals surface area contributed by atoms with Crippen LogP contribution in [0.1, 0.15) is 70.2 Å². The minimum atomic E-state index is 0.0470.